The zero-order valence-electron chi connectivity index (χ0n) is 11.4. The number of benzene rings is 2. The fraction of sp³-hybridized carbons (Fsp3) is 0.125. The van der Waals surface area contributed by atoms with Crippen molar-refractivity contribution in [1.29, 1.82) is 0 Å². The molecule has 106 valence electrons. The minimum absolute atomic E-state index is 0.0529. The summed E-state index contributed by atoms with van der Waals surface area (Å²) in [5.74, 6) is -0.936. The average Bonchev–Trinajstić information content (AvgIpc) is 2.91. The summed E-state index contributed by atoms with van der Waals surface area (Å²) in [6, 6.07) is 14.8. The van der Waals surface area contributed by atoms with E-state index in [9.17, 15) is 9.90 Å². The molecule has 1 aromatic heterocycles. The Morgan fingerprint density at radius 1 is 1.19 bits per heavy atom. The summed E-state index contributed by atoms with van der Waals surface area (Å²) in [4.78, 5) is 15.8. The van der Waals surface area contributed by atoms with Crippen LogP contribution in [0.2, 0.25) is 0 Å². The summed E-state index contributed by atoms with van der Waals surface area (Å²) in [6.07, 6.45) is 0. The van der Waals surface area contributed by atoms with Gasteiger partial charge in [-0.1, -0.05) is 24.3 Å². The number of carboxylic acids is 1. The maximum atomic E-state index is 11.2. The Labute approximate surface area is 126 Å². The highest BCUT2D eigenvalue weighted by atomic mass is 32.1. The average molecular weight is 298 g/mol. The minimum Gasteiger partial charge on any atom is -0.478 e. The number of rotatable bonds is 4. The zero-order valence-corrected chi connectivity index (χ0v) is 12.2. The molecule has 0 aliphatic heterocycles. The van der Waals surface area contributed by atoms with Crippen molar-refractivity contribution in [3.8, 4) is 0 Å². The van der Waals surface area contributed by atoms with Crippen molar-refractivity contribution in [2.75, 3.05) is 5.32 Å². The smallest absolute Gasteiger partial charge is 0.337 e. The molecule has 0 saturated carbocycles. The van der Waals surface area contributed by atoms with Crippen molar-refractivity contribution >= 4 is 33.2 Å². The van der Waals surface area contributed by atoms with E-state index >= 15 is 0 Å². The van der Waals surface area contributed by atoms with Crippen LogP contribution in [-0.2, 0) is 0 Å². The lowest BCUT2D eigenvalue weighted by atomic mass is 10.1. The first kappa shape index (κ1) is 13.6. The highest BCUT2D eigenvalue weighted by Gasteiger charge is 2.15. The molecule has 21 heavy (non-hydrogen) atoms. The fourth-order valence-corrected chi connectivity index (χ4v) is 3.14. The van der Waals surface area contributed by atoms with E-state index in [1.165, 1.54) is 0 Å². The first-order valence-electron chi connectivity index (χ1n) is 6.59. The molecular weight excluding hydrogens is 284 g/mol. The van der Waals surface area contributed by atoms with Gasteiger partial charge in [0.1, 0.15) is 5.01 Å². The monoisotopic (exact) mass is 298 g/mol. The van der Waals surface area contributed by atoms with Gasteiger partial charge >= 0.3 is 5.97 Å². The van der Waals surface area contributed by atoms with Crippen molar-refractivity contribution in [2.45, 2.75) is 13.0 Å². The number of hydrogen-bond donors (Lipinski definition) is 2. The second-order valence-corrected chi connectivity index (χ2v) is 5.80. The molecule has 0 saturated heterocycles. The Morgan fingerprint density at radius 2 is 1.90 bits per heavy atom. The van der Waals surface area contributed by atoms with Crippen molar-refractivity contribution in [3.63, 3.8) is 0 Å². The van der Waals surface area contributed by atoms with Crippen LogP contribution in [0.5, 0.6) is 0 Å². The molecule has 0 spiro atoms. The molecule has 2 N–H and O–H groups in total. The zero-order chi connectivity index (χ0) is 14.8. The SMILES string of the molecule is CC(Nc1ccccc1C(=O)O)c1nc2ccccc2s1. The normalized spacial score (nSPS) is 12.2. The van der Waals surface area contributed by atoms with Gasteiger partial charge in [0, 0.05) is 5.69 Å². The Bertz CT molecular complexity index is 765. The first-order valence-corrected chi connectivity index (χ1v) is 7.41. The van der Waals surface area contributed by atoms with Gasteiger partial charge in [0.2, 0.25) is 0 Å². The Balaban J connectivity index is 1.89. The lowest BCUT2D eigenvalue weighted by molar-refractivity contribution is 0.0698. The predicted molar refractivity (Wildman–Crippen MR) is 85.1 cm³/mol. The van der Waals surface area contributed by atoms with Crippen molar-refractivity contribution < 1.29 is 9.90 Å². The van der Waals surface area contributed by atoms with Gasteiger partial charge < -0.3 is 10.4 Å². The Kier molecular flexibility index (Phi) is 3.58. The number of aromatic carboxylic acids is 1. The van der Waals surface area contributed by atoms with E-state index in [2.05, 4.69) is 10.3 Å². The third kappa shape index (κ3) is 2.73. The second-order valence-electron chi connectivity index (χ2n) is 4.74. The molecule has 5 heteroatoms. The number of carboxylic acid groups (broad SMARTS) is 1. The van der Waals surface area contributed by atoms with Crippen LogP contribution < -0.4 is 5.32 Å². The van der Waals surface area contributed by atoms with Gasteiger partial charge in [0.25, 0.3) is 0 Å². The van der Waals surface area contributed by atoms with Gasteiger partial charge in [0.05, 0.1) is 21.8 Å². The molecule has 0 amide bonds. The third-order valence-corrected chi connectivity index (χ3v) is 4.43. The van der Waals surface area contributed by atoms with E-state index in [1.54, 1.807) is 29.5 Å². The molecule has 0 bridgehead atoms. The molecule has 1 unspecified atom stereocenters. The summed E-state index contributed by atoms with van der Waals surface area (Å²) in [5.41, 5.74) is 1.85. The van der Waals surface area contributed by atoms with Crippen LogP contribution >= 0.6 is 11.3 Å². The van der Waals surface area contributed by atoms with Crippen molar-refractivity contribution in [3.05, 3.63) is 59.1 Å². The molecule has 4 nitrogen and oxygen atoms in total. The van der Waals surface area contributed by atoms with Crippen LogP contribution in [0.25, 0.3) is 10.2 Å². The lowest BCUT2D eigenvalue weighted by Crippen LogP contribution is -2.10. The molecule has 3 aromatic rings. The van der Waals surface area contributed by atoms with Gasteiger partial charge in [0.15, 0.2) is 0 Å². The highest BCUT2D eigenvalue weighted by molar-refractivity contribution is 7.18. The number of nitrogens with one attached hydrogen (secondary N) is 1. The lowest BCUT2D eigenvalue weighted by Gasteiger charge is -2.14. The summed E-state index contributed by atoms with van der Waals surface area (Å²) >= 11 is 1.62. The number of anilines is 1. The van der Waals surface area contributed by atoms with E-state index < -0.39 is 5.97 Å². The number of thiazole rings is 1. The number of aromatic nitrogens is 1. The number of carbonyl (C=O) groups is 1. The molecule has 0 aliphatic carbocycles. The maximum Gasteiger partial charge on any atom is 0.337 e. The van der Waals surface area contributed by atoms with Crippen LogP contribution in [-0.4, -0.2) is 16.1 Å². The molecule has 1 heterocycles. The number of nitrogens with zero attached hydrogens (tertiary/aromatic N) is 1. The van der Waals surface area contributed by atoms with Crippen molar-refractivity contribution in [1.82, 2.24) is 4.98 Å². The number of fused-ring (bicyclic) bond motifs is 1. The molecule has 1 atom stereocenters. The van der Waals surface area contributed by atoms with Crippen LogP contribution in [0, 0.1) is 0 Å². The van der Waals surface area contributed by atoms with E-state index in [0.29, 0.717) is 5.69 Å². The summed E-state index contributed by atoms with van der Waals surface area (Å²) in [7, 11) is 0. The third-order valence-electron chi connectivity index (χ3n) is 3.21. The standard InChI is InChI=1S/C16H14N2O2S/c1-10(15-18-13-8-4-5-9-14(13)21-15)17-12-7-3-2-6-11(12)16(19)20/h2-10,17H,1H3,(H,19,20). The molecule has 3 rings (SSSR count). The summed E-state index contributed by atoms with van der Waals surface area (Å²) in [6.45, 7) is 1.98. The van der Waals surface area contributed by atoms with Gasteiger partial charge in [-0.3, -0.25) is 0 Å². The Morgan fingerprint density at radius 3 is 2.67 bits per heavy atom. The van der Waals surface area contributed by atoms with Crippen LogP contribution in [0.4, 0.5) is 5.69 Å². The fourth-order valence-electron chi connectivity index (χ4n) is 2.17. The number of para-hydroxylation sites is 2. The van der Waals surface area contributed by atoms with Crippen LogP contribution in [0.1, 0.15) is 28.3 Å². The van der Waals surface area contributed by atoms with Crippen LogP contribution in [0.3, 0.4) is 0 Å². The van der Waals surface area contributed by atoms with E-state index in [4.69, 9.17) is 0 Å². The summed E-state index contributed by atoms with van der Waals surface area (Å²) < 4.78 is 1.13. The molecule has 2 aromatic carbocycles. The van der Waals surface area contributed by atoms with Gasteiger partial charge in [-0.15, -0.1) is 11.3 Å². The van der Waals surface area contributed by atoms with E-state index in [1.807, 2.05) is 37.3 Å². The molecule has 0 radical (unpaired) electrons. The number of hydrogen-bond acceptors (Lipinski definition) is 4. The Hall–Kier alpha value is -2.40. The predicted octanol–water partition coefficient (Wildman–Crippen LogP) is 4.17. The van der Waals surface area contributed by atoms with Gasteiger partial charge in [-0.25, -0.2) is 9.78 Å². The largest absolute Gasteiger partial charge is 0.478 e. The second kappa shape index (κ2) is 5.54. The van der Waals surface area contributed by atoms with E-state index in [-0.39, 0.29) is 11.6 Å². The van der Waals surface area contributed by atoms with Gasteiger partial charge in [-0.2, -0.15) is 0 Å². The first-order chi connectivity index (χ1) is 10.1. The molecule has 0 fully saturated rings. The molecule has 0 aliphatic rings. The van der Waals surface area contributed by atoms with Crippen LogP contribution in [0.15, 0.2) is 48.5 Å². The maximum absolute atomic E-state index is 11.2. The minimum atomic E-state index is -0.936. The van der Waals surface area contributed by atoms with Crippen molar-refractivity contribution in [2.24, 2.45) is 0 Å². The van der Waals surface area contributed by atoms with E-state index in [0.717, 1.165) is 15.2 Å². The molecular formula is C16H14N2O2S. The summed E-state index contributed by atoms with van der Waals surface area (Å²) in [5, 5.41) is 13.4. The topological polar surface area (TPSA) is 62.2 Å². The van der Waals surface area contributed by atoms with Gasteiger partial charge in [-0.05, 0) is 31.2 Å². The quantitative estimate of drug-likeness (QED) is 0.759. The highest BCUT2D eigenvalue weighted by Crippen LogP contribution is 2.29.